The van der Waals surface area contributed by atoms with E-state index in [0.29, 0.717) is 13.2 Å². The van der Waals surface area contributed by atoms with Crippen LogP contribution in [0.15, 0.2) is 40.6 Å². The molecule has 0 bridgehead atoms. The lowest BCUT2D eigenvalue weighted by atomic mass is 10.1. The fourth-order valence-electron chi connectivity index (χ4n) is 3.42. The van der Waals surface area contributed by atoms with Gasteiger partial charge in [-0.1, -0.05) is 0 Å². The molecule has 0 fully saturated rings. The van der Waals surface area contributed by atoms with Gasteiger partial charge in [0.1, 0.15) is 17.0 Å². The standard InChI is InChI=1S/C23H31N4O3S/c1-16-14-21(27(9-11-28-4)10-12-29-5)17(2)13-19(16)24-25-23-26(3)20-8-7-18(30-6)15-22(20)31-23/h7-8,13-15H,9-12H2,1-6H3/q+1. The van der Waals surface area contributed by atoms with Gasteiger partial charge in [0, 0.05) is 39.1 Å². The number of ether oxygens (including phenoxy) is 3. The number of nitrogens with zero attached hydrogens (tertiary/aromatic N) is 4. The summed E-state index contributed by atoms with van der Waals surface area (Å²) < 4.78 is 19.1. The number of hydrogen-bond acceptors (Lipinski definition) is 7. The maximum Gasteiger partial charge on any atom is 0.409 e. The molecule has 3 aromatic rings. The molecule has 7 nitrogen and oxygen atoms in total. The summed E-state index contributed by atoms with van der Waals surface area (Å²) in [4.78, 5) is 2.29. The third-order valence-electron chi connectivity index (χ3n) is 5.25. The number of benzene rings is 2. The highest BCUT2D eigenvalue weighted by Crippen LogP contribution is 2.33. The first-order valence-corrected chi connectivity index (χ1v) is 11.0. The van der Waals surface area contributed by atoms with Crippen LogP contribution < -0.4 is 14.2 Å². The number of aryl methyl sites for hydroxylation is 3. The minimum Gasteiger partial charge on any atom is -0.497 e. The van der Waals surface area contributed by atoms with Crippen molar-refractivity contribution >= 4 is 38.1 Å². The second kappa shape index (κ2) is 10.7. The molecule has 0 unspecified atom stereocenters. The largest absolute Gasteiger partial charge is 0.497 e. The number of methoxy groups -OCH3 is 3. The minimum absolute atomic E-state index is 0.664. The van der Waals surface area contributed by atoms with Crippen molar-refractivity contribution in [2.24, 2.45) is 17.3 Å². The smallest absolute Gasteiger partial charge is 0.409 e. The second-order valence-corrected chi connectivity index (χ2v) is 8.38. The van der Waals surface area contributed by atoms with Crippen LogP contribution in [0, 0.1) is 13.8 Å². The summed E-state index contributed by atoms with van der Waals surface area (Å²) in [5.41, 5.74) is 5.38. The number of fused-ring (bicyclic) bond motifs is 1. The molecule has 0 saturated heterocycles. The van der Waals surface area contributed by atoms with E-state index in [1.54, 1.807) is 32.7 Å². The topological polar surface area (TPSA) is 59.5 Å². The lowest BCUT2D eigenvalue weighted by Crippen LogP contribution is -2.31. The van der Waals surface area contributed by atoms with Crippen LogP contribution in [0.5, 0.6) is 5.75 Å². The fraction of sp³-hybridized carbons (Fsp3) is 0.435. The van der Waals surface area contributed by atoms with E-state index in [1.165, 1.54) is 5.69 Å². The fourth-order valence-corrected chi connectivity index (χ4v) is 4.42. The number of anilines is 1. The quantitative estimate of drug-likeness (QED) is 0.331. The molecule has 0 N–H and O–H groups in total. The van der Waals surface area contributed by atoms with Gasteiger partial charge in [0.05, 0.1) is 37.2 Å². The summed E-state index contributed by atoms with van der Waals surface area (Å²) in [7, 11) is 7.13. The summed E-state index contributed by atoms with van der Waals surface area (Å²) >= 11 is 1.60. The molecule has 0 atom stereocenters. The van der Waals surface area contributed by atoms with E-state index in [4.69, 9.17) is 14.2 Å². The summed E-state index contributed by atoms with van der Waals surface area (Å²) in [5.74, 6) is 0.839. The number of thiazole rings is 1. The molecular formula is C23H31N4O3S+. The lowest BCUT2D eigenvalue weighted by molar-refractivity contribution is -0.627. The van der Waals surface area contributed by atoms with Crippen LogP contribution in [-0.4, -0.2) is 47.6 Å². The van der Waals surface area contributed by atoms with Gasteiger partial charge >= 0.3 is 5.13 Å². The zero-order chi connectivity index (χ0) is 22.4. The first-order chi connectivity index (χ1) is 15.0. The van der Waals surface area contributed by atoms with E-state index in [-0.39, 0.29) is 0 Å². The molecule has 31 heavy (non-hydrogen) atoms. The van der Waals surface area contributed by atoms with Crippen molar-refractivity contribution in [2.45, 2.75) is 13.8 Å². The predicted molar refractivity (Wildman–Crippen MR) is 126 cm³/mol. The van der Waals surface area contributed by atoms with Gasteiger partial charge in [-0.3, -0.25) is 0 Å². The summed E-state index contributed by atoms with van der Waals surface area (Å²) in [6.07, 6.45) is 0. The van der Waals surface area contributed by atoms with Crippen LogP contribution in [0.3, 0.4) is 0 Å². The van der Waals surface area contributed by atoms with E-state index in [9.17, 15) is 0 Å². The SMILES string of the molecule is COCCN(CCOC)c1cc(C)c(N=Nc2sc3cc(OC)ccc3[n+]2C)cc1C. The van der Waals surface area contributed by atoms with Gasteiger partial charge in [-0.25, -0.2) is 4.57 Å². The Morgan fingerprint density at radius 3 is 2.29 bits per heavy atom. The minimum atomic E-state index is 0.664. The summed E-state index contributed by atoms with van der Waals surface area (Å²) in [6, 6.07) is 10.3. The number of azo groups is 1. The monoisotopic (exact) mass is 443 g/mol. The Hall–Kier alpha value is -2.55. The van der Waals surface area contributed by atoms with Crippen LogP contribution in [0.2, 0.25) is 0 Å². The van der Waals surface area contributed by atoms with Crippen LogP contribution in [0.25, 0.3) is 10.2 Å². The van der Waals surface area contributed by atoms with Crippen molar-refractivity contribution in [2.75, 3.05) is 52.5 Å². The van der Waals surface area contributed by atoms with Gasteiger partial charge < -0.3 is 19.1 Å². The average molecular weight is 444 g/mol. The van der Waals surface area contributed by atoms with Crippen molar-refractivity contribution in [1.82, 2.24) is 0 Å². The first kappa shape index (κ1) is 23.1. The van der Waals surface area contributed by atoms with Crippen molar-refractivity contribution < 1.29 is 18.8 Å². The Labute approximate surface area is 187 Å². The molecule has 166 valence electrons. The maximum atomic E-state index is 5.33. The molecule has 2 aromatic carbocycles. The van der Waals surface area contributed by atoms with Gasteiger partial charge in [0.25, 0.3) is 0 Å². The molecule has 0 spiro atoms. The Morgan fingerprint density at radius 1 is 0.935 bits per heavy atom. The molecule has 0 aliphatic carbocycles. The number of rotatable bonds is 10. The number of aromatic nitrogens is 1. The molecule has 0 amide bonds. The van der Waals surface area contributed by atoms with Gasteiger partial charge in [0.2, 0.25) is 0 Å². The maximum absolute atomic E-state index is 5.33. The molecule has 0 radical (unpaired) electrons. The molecular weight excluding hydrogens is 412 g/mol. The van der Waals surface area contributed by atoms with E-state index >= 15 is 0 Å². The highest BCUT2D eigenvalue weighted by atomic mass is 32.1. The zero-order valence-electron chi connectivity index (χ0n) is 19.1. The zero-order valence-corrected chi connectivity index (χ0v) is 20.0. The van der Waals surface area contributed by atoms with E-state index in [1.807, 2.05) is 25.2 Å². The third-order valence-corrected chi connectivity index (χ3v) is 6.33. The van der Waals surface area contributed by atoms with Crippen LogP contribution in [0.1, 0.15) is 11.1 Å². The molecule has 8 heteroatoms. The summed E-state index contributed by atoms with van der Waals surface area (Å²) in [5, 5.41) is 9.97. The molecule has 1 aromatic heterocycles. The third kappa shape index (κ3) is 5.39. The Balaban J connectivity index is 1.88. The molecule has 0 aliphatic rings. The number of hydrogen-bond donors (Lipinski definition) is 0. The average Bonchev–Trinajstić information content (AvgIpc) is 3.09. The van der Waals surface area contributed by atoms with Gasteiger partial charge in [0.15, 0.2) is 0 Å². The van der Waals surface area contributed by atoms with Crippen LogP contribution >= 0.6 is 11.3 Å². The summed E-state index contributed by atoms with van der Waals surface area (Å²) in [6.45, 7) is 7.11. The van der Waals surface area contributed by atoms with E-state index in [0.717, 1.165) is 51.0 Å². The van der Waals surface area contributed by atoms with E-state index < -0.39 is 0 Å². The van der Waals surface area contributed by atoms with Crippen molar-refractivity contribution in [1.29, 1.82) is 0 Å². The molecule has 3 rings (SSSR count). The Kier molecular flexibility index (Phi) is 7.95. The highest BCUT2D eigenvalue weighted by molar-refractivity contribution is 7.21. The van der Waals surface area contributed by atoms with Gasteiger partial charge in [-0.15, -0.1) is 0 Å². The Morgan fingerprint density at radius 2 is 1.65 bits per heavy atom. The first-order valence-electron chi connectivity index (χ1n) is 10.2. The van der Waals surface area contributed by atoms with Gasteiger partial charge in [-0.2, -0.15) is 0 Å². The van der Waals surface area contributed by atoms with Gasteiger partial charge in [-0.05, 0) is 65.7 Å². The lowest BCUT2D eigenvalue weighted by Gasteiger charge is -2.26. The van der Waals surface area contributed by atoms with Crippen LogP contribution in [0.4, 0.5) is 16.5 Å². The normalized spacial score (nSPS) is 11.5. The second-order valence-electron chi connectivity index (χ2n) is 7.38. The van der Waals surface area contributed by atoms with Crippen molar-refractivity contribution in [3.05, 3.63) is 41.5 Å². The molecule has 0 saturated carbocycles. The van der Waals surface area contributed by atoms with Crippen molar-refractivity contribution in [3.8, 4) is 5.75 Å². The highest BCUT2D eigenvalue weighted by Gasteiger charge is 2.18. The van der Waals surface area contributed by atoms with Crippen molar-refractivity contribution in [3.63, 3.8) is 0 Å². The molecule has 1 heterocycles. The van der Waals surface area contributed by atoms with Crippen LogP contribution in [-0.2, 0) is 16.5 Å². The van der Waals surface area contributed by atoms with E-state index in [2.05, 4.69) is 45.7 Å². The molecule has 0 aliphatic heterocycles. The predicted octanol–water partition coefficient (Wildman–Crippen LogP) is 4.87. The Bertz CT molecular complexity index is 1060.